The van der Waals surface area contributed by atoms with Gasteiger partial charge in [0.2, 0.25) is 6.35 Å². The molecule has 0 bridgehead atoms. The number of para-hydroxylation sites is 1. The summed E-state index contributed by atoms with van der Waals surface area (Å²) in [7, 11) is 0. The van der Waals surface area contributed by atoms with E-state index in [1.807, 2.05) is 52.4 Å². The highest BCUT2D eigenvalue weighted by molar-refractivity contribution is 7.98. The Morgan fingerprint density at radius 3 is 2.62 bits per heavy atom. The smallest absolute Gasteiger partial charge is 0.209 e. The fraction of sp³-hybridized carbons (Fsp3) is 0.360. The van der Waals surface area contributed by atoms with E-state index < -0.39 is 12.1 Å². The Balaban J connectivity index is 1.57. The van der Waals surface area contributed by atoms with E-state index in [2.05, 4.69) is 17.1 Å². The third-order valence-electron chi connectivity index (χ3n) is 5.36. The first kappa shape index (κ1) is 24.8. The fourth-order valence-electron chi connectivity index (χ4n) is 3.75. The van der Waals surface area contributed by atoms with E-state index in [1.165, 1.54) is 5.56 Å². The number of halogens is 1. The van der Waals surface area contributed by atoms with Crippen molar-refractivity contribution in [3.63, 3.8) is 0 Å². The van der Waals surface area contributed by atoms with Gasteiger partial charge in [0.1, 0.15) is 5.82 Å². The van der Waals surface area contributed by atoms with Gasteiger partial charge in [-0.05, 0) is 38.0 Å². The van der Waals surface area contributed by atoms with Gasteiger partial charge < -0.3 is 24.7 Å². The summed E-state index contributed by atoms with van der Waals surface area (Å²) in [4.78, 5) is 13.1. The molecule has 2 aromatic carbocycles. The molecule has 180 valence electrons. The van der Waals surface area contributed by atoms with Gasteiger partial charge in [0, 0.05) is 24.1 Å². The van der Waals surface area contributed by atoms with E-state index in [0.717, 1.165) is 17.0 Å². The first-order chi connectivity index (χ1) is 16.3. The predicted molar refractivity (Wildman–Crippen MR) is 136 cm³/mol. The van der Waals surface area contributed by atoms with E-state index in [9.17, 15) is 10.2 Å². The summed E-state index contributed by atoms with van der Waals surface area (Å²) >= 11 is 8.00. The molecule has 1 aliphatic heterocycles. The van der Waals surface area contributed by atoms with E-state index in [4.69, 9.17) is 21.3 Å². The second-order valence-corrected chi connectivity index (χ2v) is 9.89. The normalized spacial score (nSPS) is 16.0. The van der Waals surface area contributed by atoms with Crippen LogP contribution in [0, 0.1) is 0 Å². The van der Waals surface area contributed by atoms with Gasteiger partial charge in [-0.15, -0.1) is 0 Å². The van der Waals surface area contributed by atoms with Crippen LogP contribution in [0.15, 0.2) is 66.0 Å². The maximum atomic E-state index is 11.3. The number of aliphatic hydroxyl groups is 2. The van der Waals surface area contributed by atoms with Crippen molar-refractivity contribution in [2.75, 3.05) is 23.0 Å². The predicted octanol–water partition coefficient (Wildman–Crippen LogP) is 4.66. The summed E-state index contributed by atoms with van der Waals surface area (Å²) in [5.74, 6) is 0.253. The number of anilines is 2. The minimum atomic E-state index is -1.20. The number of hydrogen-bond acceptors (Lipinski definition) is 8. The number of benzene rings is 2. The van der Waals surface area contributed by atoms with Crippen molar-refractivity contribution in [1.29, 1.82) is 0 Å². The van der Waals surface area contributed by atoms with E-state index >= 15 is 0 Å². The van der Waals surface area contributed by atoms with Crippen LogP contribution in [0.5, 0.6) is 0 Å². The van der Waals surface area contributed by atoms with Crippen LogP contribution in [0.4, 0.5) is 11.5 Å². The van der Waals surface area contributed by atoms with Crippen molar-refractivity contribution < 1.29 is 14.9 Å². The highest BCUT2D eigenvalue weighted by atomic mass is 35.5. The molecular formula is C25H29ClN4O3S. The van der Waals surface area contributed by atoms with Crippen LogP contribution in [-0.4, -0.2) is 45.5 Å². The number of aliphatic hydroxyl groups excluding tert-OH is 1. The average molecular weight is 501 g/mol. The lowest BCUT2D eigenvalue weighted by molar-refractivity contribution is -0.175. The molecule has 9 heteroatoms. The van der Waals surface area contributed by atoms with Gasteiger partial charge in [0.15, 0.2) is 10.9 Å². The van der Waals surface area contributed by atoms with Crippen molar-refractivity contribution in [3.05, 3.63) is 76.9 Å². The Kier molecular flexibility index (Phi) is 7.95. The molecule has 2 N–H and O–H groups in total. The molecule has 0 saturated heterocycles. The van der Waals surface area contributed by atoms with Crippen LogP contribution in [0.3, 0.4) is 0 Å². The molecule has 0 saturated carbocycles. The minimum Gasteiger partial charge on any atom is -0.366 e. The van der Waals surface area contributed by atoms with Gasteiger partial charge >= 0.3 is 0 Å². The van der Waals surface area contributed by atoms with Crippen molar-refractivity contribution in [2.45, 2.75) is 49.9 Å². The molecule has 1 aromatic heterocycles. The molecule has 0 aliphatic carbocycles. The molecule has 0 fully saturated rings. The third kappa shape index (κ3) is 6.20. The molecule has 1 unspecified atom stereocenters. The molecule has 3 aromatic rings. The standard InChI is InChI=1S/C25H29ClN4O3S/c1-25(2,32)33-14-8-13-29-22-19(16-30(24(29)31)21-12-7-6-11-20(21)26)15-27-23(28-22)34-17-18-9-4-3-5-10-18/h3-7,9-12,15,24,31-32H,8,13-14,16-17H2,1-2H3. The van der Waals surface area contributed by atoms with Crippen LogP contribution in [0.2, 0.25) is 5.02 Å². The topological polar surface area (TPSA) is 82.0 Å². The third-order valence-corrected chi connectivity index (χ3v) is 6.61. The maximum absolute atomic E-state index is 11.3. The number of thioether (sulfide) groups is 1. The Hall–Kier alpha value is -2.36. The first-order valence-electron chi connectivity index (χ1n) is 11.2. The lowest BCUT2D eigenvalue weighted by Gasteiger charge is -2.43. The molecule has 1 atom stereocenters. The lowest BCUT2D eigenvalue weighted by Crippen LogP contribution is -2.53. The van der Waals surface area contributed by atoms with Gasteiger partial charge in [-0.3, -0.25) is 0 Å². The van der Waals surface area contributed by atoms with Gasteiger partial charge in [0.05, 0.1) is 23.9 Å². The monoisotopic (exact) mass is 500 g/mol. The molecule has 2 heterocycles. The van der Waals surface area contributed by atoms with E-state index in [0.29, 0.717) is 42.1 Å². The molecule has 0 amide bonds. The second-order valence-electron chi connectivity index (χ2n) is 8.54. The Morgan fingerprint density at radius 1 is 1.15 bits per heavy atom. The molecule has 4 rings (SSSR count). The van der Waals surface area contributed by atoms with Crippen LogP contribution in [0.25, 0.3) is 0 Å². The fourth-order valence-corrected chi connectivity index (χ4v) is 4.76. The highest BCUT2D eigenvalue weighted by Gasteiger charge is 2.33. The number of hydrogen-bond donors (Lipinski definition) is 2. The van der Waals surface area contributed by atoms with Crippen LogP contribution in [0.1, 0.15) is 31.4 Å². The Morgan fingerprint density at radius 2 is 1.88 bits per heavy atom. The van der Waals surface area contributed by atoms with Gasteiger partial charge in [-0.2, -0.15) is 0 Å². The van der Waals surface area contributed by atoms with Gasteiger partial charge in [-0.1, -0.05) is 65.8 Å². The number of nitrogens with zero attached hydrogens (tertiary/aromatic N) is 4. The molecule has 0 spiro atoms. The molecule has 34 heavy (non-hydrogen) atoms. The van der Waals surface area contributed by atoms with Crippen LogP contribution < -0.4 is 9.80 Å². The summed E-state index contributed by atoms with van der Waals surface area (Å²) in [6.07, 6.45) is 1.45. The van der Waals surface area contributed by atoms with E-state index in [1.54, 1.807) is 31.7 Å². The molecule has 1 aliphatic rings. The minimum absolute atomic E-state index is 0.342. The molecular weight excluding hydrogens is 472 g/mol. The van der Waals surface area contributed by atoms with Crippen molar-refractivity contribution >= 4 is 34.9 Å². The van der Waals surface area contributed by atoms with E-state index in [-0.39, 0.29) is 0 Å². The molecule has 0 radical (unpaired) electrons. The lowest BCUT2D eigenvalue weighted by atomic mass is 10.1. The quantitative estimate of drug-likeness (QED) is 0.190. The largest absolute Gasteiger partial charge is 0.366 e. The highest BCUT2D eigenvalue weighted by Crippen LogP contribution is 2.36. The Labute approximate surface area is 209 Å². The maximum Gasteiger partial charge on any atom is 0.209 e. The average Bonchev–Trinajstić information content (AvgIpc) is 2.82. The van der Waals surface area contributed by atoms with Crippen LogP contribution >= 0.6 is 23.4 Å². The van der Waals surface area contributed by atoms with Crippen LogP contribution in [-0.2, 0) is 17.0 Å². The number of aromatic nitrogens is 2. The SMILES string of the molecule is CC(C)(O)OCCCN1c2nc(SCc3ccccc3)ncc2CN(c2ccccc2Cl)C1O. The zero-order valence-corrected chi connectivity index (χ0v) is 20.8. The number of ether oxygens (including phenoxy) is 1. The summed E-state index contributed by atoms with van der Waals surface area (Å²) in [6, 6.07) is 17.6. The molecule has 7 nitrogen and oxygen atoms in total. The number of fused-ring (bicyclic) bond motifs is 1. The van der Waals surface area contributed by atoms with Gasteiger partial charge in [0.25, 0.3) is 0 Å². The van der Waals surface area contributed by atoms with Crippen molar-refractivity contribution in [1.82, 2.24) is 9.97 Å². The van der Waals surface area contributed by atoms with Crippen molar-refractivity contribution in [3.8, 4) is 0 Å². The summed E-state index contributed by atoms with van der Waals surface area (Å²) < 4.78 is 5.46. The summed E-state index contributed by atoms with van der Waals surface area (Å²) in [6.45, 7) is 4.45. The zero-order chi connectivity index (χ0) is 24.1. The zero-order valence-electron chi connectivity index (χ0n) is 19.3. The summed E-state index contributed by atoms with van der Waals surface area (Å²) in [5, 5.41) is 22.4. The van der Waals surface area contributed by atoms with Gasteiger partial charge in [-0.25, -0.2) is 9.97 Å². The second kappa shape index (κ2) is 10.9. The Bertz CT molecular complexity index is 1100. The van der Waals surface area contributed by atoms with Crippen molar-refractivity contribution in [2.24, 2.45) is 0 Å². The number of rotatable bonds is 9. The summed E-state index contributed by atoms with van der Waals surface area (Å²) in [5.41, 5.74) is 2.83. The first-order valence-corrected chi connectivity index (χ1v) is 12.5.